The minimum absolute atomic E-state index is 0.102. The van der Waals surface area contributed by atoms with Crippen LogP contribution in [0.25, 0.3) is 0 Å². The molecule has 0 aromatic carbocycles. The molecule has 0 atom stereocenters. The highest BCUT2D eigenvalue weighted by atomic mass is 35.5. The number of anilines is 1. The van der Waals surface area contributed by atoms with Crippen molar-refractivity contribution in [1.82, 2.24) is 15.3 Å². The number of aromatic nitrogens is 2. The van der Waals surface area contributed by atoms with E-state index in [0.717, 1.165) is 0 Å². The molecule has 1 aromatic rings. The molecular weight excluding hydrogens is 268 g/mol. The van der Waals surface area contributed by atoms with E-state index in [-0.39, 0.29) is 24.2 Å². The highest BCUT2D eigenvalue weighted by Crippen LogP contribution is 2.21. The maximum Gasteiger partial charge on any atom is 0.239 e. The Kier molecular flexibility index (Phi) is 5.98. The number of nitrogens with one attached hydrogen (secondary N) is 1. The van der Waals surface area contributed by atoms with E-state index in [4.69, 9.17) is 11.6 Å². The van der Waals surface area contributed by atoms with Gasteiger partial charge in [-0.15, -0.1) is 0 Å². The van der Waals surface area contributed by atoms with Crippen molar-refractivity contribution >= 4 is 23.3 Å². The predicted molar refractivity (Wildman–Crippen MR) is 74.1 cm³/mol. The van der Waals surface area contributed by atoms with Crippen LogP contribution in [0.1, 0.15) is 19.4 Å². The van der Waals surface area contributed by atoms with Crippen LogP contribution < -0.4 is 10.2 Å². The Hall–Kier alpha value is -1.40. The molecule has 0 fully saturated rings. The largest absolute Gasteiger partial charge is 0.391 e. The van der Waals surface area contributed by atoms with Gasteiger partial charge in [0, 0.05) is 13.6 Å². The Morgan fingerprint density at radius 1 is 1.53 bits per heavy atom. The van der Waals surface area contributed by atoms with Crippen molar-refractivity contribution in [2.24, 2.45) is 5.92 Å². The van der Waals surface area contributed by atoms with Crippen LogP contribution in [0, 0.1) is 5.92 Å². The molecule has 1 amide bonds. The van der Waals surface area contributed by atoms with E-state index in [1.807, 2.05) is 13.8 Å². The molecule has 2 N–H and O–H groups in total. The van der Waals surface area contributed by atoms with Gasteiger partial charge in [0.05, 0.1) is 18.7 Å². The lowest BCUT2D eigenvalue weighted by molar-refractivity contribution is -0.119. The second kappa shape index (κ2) is 7.25. The first kappa shape index (κ1) is 15.7. The zero-order valence-corrected chi connectivity index (χ0v) is 12.1. The van der Waals surface area contributed by atoms with Crippen molar-refractivity contribution < 1.29 is 9.90 Å². The van der Waals surface area contributed by atoms with Crippen LogP contribution in [0.3, 0.4) is 0 Å². The normalized spacial score (nSPS) is 10.6. The smallest absolute Gasteiger partial charge is 0.239 e. The van der Waals surface area contributed by atoms with Gasteiger partial charge >= 0.3 is 0 Å². The molecule has 6 nitrogen and oxygen atoms in total. The molecule has 1 heterocycles. The van der Waals surface area contributed by atoms with E-state index in [9.17, 15) is 9.90 Å². The van der Waals surface area contributed by atoms with Crippen LogP contribution in [-0.2, 0) is 11.4 Å². The molecule has 0 aliphatic rings. The molecule has 1 rings (SSSR count). The molecule has 7 heteroatoms. The quantitative estimate of drug-likeness (QED) is 0.758. The lowest BCUT2D eigenvalue weighted by atomic mass is 10.2. The van der Waals surface area contributed by atoms with Crippen molar-refractivity contribution in [2.75, 3.05) is 25.0 Å². The van der Waals surface area contributed by atoms with Crippen LogP contribution in [0.2, 0.25) is 5.15 Å². The number of hydrogen-bond donors (Lipinski definition) is 2. The van der Waals surface area contributed by atoms with Crippen molar-refractivity contribution in [3.05, 3.63) is 17.0 Å². The summed E-state index contributed by atoms with van der Waals surface area (Å²) in [6.45, 7) is 4.56. The minimum atomic E-state index is -0.271. The first-order valence-corrected chi connectivity index (χ1v) is 6.41. The summed E-state index contributed by atoms with van der Waals surface area (Å²) in [6.07, 6.45) is 1.30. The van der Waals surface area contributed by atoms with Gasteiger partial charge in [-0.05, 0) is 5.92 Å². The van der Waals surface area contributed by atoms with Crippen molar-refractivity contribution in [3.63, 3.8) is 0 Å². The van der Waals surface area contributed by atoms with Gasteiger partial charge in [0.1, 0.15) is 17.3 Å². The van der Waals surface area contributed by atoms with Gasteiger partial charge in [0.15, 0.2) is 0 Å². The van der Waals surface area contributed by atoms with E-state index in [2.05, 4.69) is 15.3 Å². The molecule has 19 heavy (non-hydrogen) atoms. The average Bonchev–Trinajstić information content (AvgIpc) is 2.36. The fourth-order valence-electron chi connectivity index (χ4n) is 1.51. The minimum Gasteiger partial charge on any atom is -0.391 e. The van der Waals surface area contributed by atoms with Crippen LogP contribution in [0.5, 0.6) is 0 Å². The summed E-state index contributed by atoms with van der Waals surface area (Å²) in [5, 5.41) is 12.3. The number of aliphatic hydroxyl groups excluding tert-OH is 1. The number of carbonyl (C=O) groups is 1. The summed E-state index contributed by atoms with van der Waals surface area (Å²) in [6, 6.07) is 0. The third kappa shape index (κ3) is 4.65. The number of rotatable bonds is 6. The van der Waals surface area contributed by atoms with Gasteiger partial charge in [0.25, 0.3) is 0 Å². The molecule has 0 spiro atoms. The van der Waals surface area contributed by atoms with Crippen molar-refractivity contribution in [3.8, 4) is 0 Å². The fraction of sp³-hybridized carbons (Fsp3) is 0.583. The number of hydrogen-bond acceptors (Lipinski definition) is 5. The average molecular weight is 287 g/mol. The Bertz CT molecular complexity index is 440. The van der Waals surface area contributed by atoms with E-state index < -0.39 is 0 Å². The highest BCUT2D eigenvalue weighted by Gasteiger charge is 2.15. The van der Waals surface area contributed by atoms with E-state index in [1.54, 1.807) is 11.9 Å². The SMILES string of the molecule is CC(C)CNC(=O)CN(C)c1ncnc(Cl)c1CO. The predicted octanol–water partition coefficient (Wildman–Crippen LogP) is 0.831. The van der Waals surface area contributed by atoms with Crippen LogP contribution in [0.4, 0.5) is 5.82 Å². The lowest BCUT2D eigenvalue weighted by Gasteiger charge is -2.20. The van der Waals surface area contributed by atoms with Crippen molar-refractivity contribution in [2.45, 2.75) is 20.5 Å². The van der Waals surface area contributed by atoms with Gasteiger partial charge in [-0.3, -0.25) is 4.79 Å². The first-order chi connectivity index (χ1) is 8.95. The third-order valence-electron chi connectivity index (χ3n) is 2.48. The maximum atomic E-state index is 11.7. The van der Waals surface area contributed by atoms with Gasteiger partial charge in [-0.25, -0.2) is 9.97 Å². The number of carbonyl (C=O) groups excluding carboxylic acids is 1. The fourth-order valence-corrected chi connectivity index (χ4v) is 1.70. The Morgan fingerprint density at radius 3 is 2.79 bits per heavy atom. The molecule has 0 saturated heterocycles. The van der Waals surface area contributed by atoms with Gasteiger partial charge in [0.2, 0.25) is 5.91 Å². The Labute approximate surface area is 117 Å². The summed E-state index contributed by atoms with van der Waals surface area (Å²) < 4.78 is 0. The topological polar surface area (TPSA) is 78.4 Å². The van der Waals surface area contributed by atoms with Crippen LogP contribution in [0.15, 0.2) is 6.33 Å². The molecule has 1 aromatic heterocycles. The van der Waals surface area contributed by atoms with Gasteiger partial charge < -0.3 is 15.3 Å². The Balaban J connectivity index is 2.70. The van der Waals surface area contributed by atoms with E-state index in [1.165, 1.54) is 6.33 Å². The molecule has 0 aliphatic heterocycles. The summed E-state index contributed by atoms with van der Waals surface area (Å²) >= 11 is 5.87. The zero-order valence-electron chi connectivity index (χ0n) is 11.4. The molecule has 0 unspecified atom stereocenters. The molecule has 0 aliphatic carbocycles. The second-order valence-electron chi connectivity index (χ2n) is 4.68. The number of halogens is 1. The summed E-state index contributed by atoms with van der Waals surface area (Å²) in [7, 11) is 1.72. The van der Waals surface area contributed by atoms with E-state index in [0.29, 0.717) is 23.8 Å². The number of nitrogens with zero attached hydrogens (tertiary/aromatic N) is 3. The van der Waals surface area contributed by atoms with Crippen molar-refractivity contribution in [1.29, 1.82) is 0 Å². The molecule has 106 valence electrons. The number of aliphatic hydroxyl groups is 1. The second-order valence-corrected chi connectivity index (χ2v) is 5.04. The molecule has 0 bridgehead atoms. The monoisotopic (exact) mass is 286 g/mol. The maximum absolute atomic E-state index is 11.7. The number of likely N-dealkylation sites (N-methyl/N-ethyl adjacent to an activating group) is 1. The molecule has 0 radical (unpaired) electrons. The summed E-state index contributed by atoms with van der Waals surface area (Å²) in [4.78, 5) is 21.2. The first-order valence-electron chi connectivity index (χ1n) is 6.03. The van der Waals surface area contributed by atoms with E-state index >= 15 is 0 Å². The number of amides is 1. The van der Waals surface area contributed by atoms with Gasteiger partial charge in [-0.1, -0.05) is 25.4 Å². The molecular formula is C12H19ClN4O2. The Morgan fingerprint density at radius 2 is 2.21 bits per heavy atom. The summed E-state index contributed by atoms with van der Waals surface area (Å²) in [5.74, 6) is 0.757. The standard InChI is InChI=1S/C12H19ClN4O2/c1-8(2)4-14-10(19)5-17(3)12-9(6-18)11(13)15-7-16-12/h7-8,18H,4-6H2,1-3H3,(H,14,19). The van der Waals surface area contributed by atoms with Gasteiger partial charge in [-0.2, -0.15) is 0 Å². The summed E-state index contributed by atoms with van der Waals surface area (Å²) in [5.41, 5.74) is 0.420. The molecule has 0 saturated carbocycles. The highest BCUT2D eigenvalue weighted by molar-refractivity contribution is 6.30. The van der Waals surface area contributed by atoms with Crippen LogP contribution in [-0.4, -0.2) is 41.1 Å². The third-order valence-corrected chi connectivity index (χ3v) is 2.80. The zero-order chi connectivity index (χ0) is 14.4. The lowest BCUT2D eigenvalue weighted by Crippen LogP contribution is -2.37. The van der Waals surface area contributed by atoms with Crippen LogP contribution >= 0.6 is 11.6 Å².